The highest BCUT2D eigenvalue weighted by atomic mass is 15.5. The third kappa shape index (κ3) is 3.21. The van der Waals surface area contributed by atoms with Crippen LogP contribution in [-0.2, 0) is 0 Å². The molecule has 66 valence electrons. The molecule has 0 aromatic carbocycles. The maximum atomic E-state index is 3.44. The van der Waals surface area contributed by atoms with Crippen LogP contribution in [0.3, 0.4) is 0 Å². The third-order valence-corrected chi connectivity index (χ3v) is 2.22. The largest absolute Gasteiger partial charge is 0.253 e. The Labute approximate surface area is 69.9 Å². The van der Waals surface area contributed by atoms with Crippen molar-refractivity contribution in [2.24, 2.45) is 5.92 Å². The zero-order chi connectivity index (χ0) is 8.27. The fraction of sp³-hybridized carbons (Fsp3) is 1.00. The highest BCUT2D eigenvalue weighted by Gasteiger charge is 2.15. The minimum absolute atomic E-state index is 0.586. The van der Waals surface area contributed by atoms with Gasteiger partial charge < -0.3 is 0 Å². The van der Waals surface area contributed by atoms with E-state index in [1.54, 1.807) is 0 Å². The number of rotatable bonds is 2. The maximum Gasteiger partial charge on any atom is 0.0158 e. The van der Waals surface area contributed by atoms with Crippen LogP contribution in [0.4, 0.5) is 0 Å². The van der Waals surface area contributed by atoms with Crippen LogP contribution in [0.25, 0.3) is 0 Å². The Kier molecular flexibility index (Phi) is 3.34. The Hall–Kier alpha value is -0.0800. The molecule has 2 nitrogen and oxygen atoms in total. The lowest BCUT2D eigenvalue weighted by molar-refractivity contribution is 0.115. The number of piperidine rings is 1. The smallest absolute Gasteiger partial charge is 0.0158 e. The van der Waals surface area contributed by atoms with E-state index in [-0.39, 0.29) is 0 Å². The molecule has 1 rings (SSSR count). The fourth-order valence-corrected chi connectivity index (χ4v) is 1.50. The van der Waals surface area contributed by atoms with Gasteiger partial charge in [0, 0.05) is 19.1 Å². The van der Waals surface area contributed by atoms with Crippen LogP contribution < -0.4 is 5.43 Å². The van der Waals surface area contributed by atoms with Crippen molar-refractivity contribution in [3.05, 3.63) is 0 Å². The summed E-state index contributed by atoms with van der Waals surface area (Å²) in [5.74, 6) is 0.931. The van der Waals surface area contributed by atoms with E-state index in [2.05, 4.69) is 31.2 Å². The van der Waals surface area contributed by atoms with Crippen LogP contribution in [-0.4, -0.2) is 24.1 Å². The van der Waals surface area contributed by atoms with Crippen LogP contribution in [0.5, 0.6) is 0 Å². The summed E-state index contributed by atoms with van der Waals surface area (Å²) in [5, 5.41) is 2.35. The summed E-state index contributed by atoms with van der Waals surface area (Å²) in [5.41, 5.74) is 3.44. The summed E-state index contributed by atoms with van der Waals surface area (Å²) in [7, 11) is 0. The summed E-state index contributed by atoms with van der Waals surface area (Å²) < 4.78 is 0. The van der Waals surface area contributed by atoms with Gasteiger partial charge in [-0.25, -0.2) is 5.01 Å². The molecule has 0 saturated carbocycles. The van der Waals surface area contributed by atoms with Crippen LogP contribution in [0, 0.1) is 5.92 Å². The number of nitrogens with zero attached hydrogens (tertiary/aromatic N) is 1. The van der Waals surface area contributed by atoms with Gasteiger partial charge in [0.2, 0.25) is 0 Å². The molecular formula is C9H20N2. The van der Waals surface area contributed by atoms with Crippen molar-refractivity contribution < 1.29 is 0 Å². The van der Waals surface area contributed by atoms with Gasteiger partial charge in [0.05, 0.1) is 0 Å². The first-order valence-electron chi connectivity index (χ1n) is 4.69. The molecule has 1 aliphatic rings. The van der Waals surface area contributed by atoms with Crippen molar-refractivity contribution >= 4 is 0 Å². The predicted molar refractivity (Wildman–Crippen MR) is 48.2 cm³/mol. The van der Waals surface area contributed by atoms with E-state index in [0.29, 0.717) is 6.04 Å². The second-order valence-electron chi connectivity index (χ2n) is 3.95. The molecule has 0 aliphatic carbocycles. The molecule has 0 radical (unpaired) electrons. The quantitative estimate of drug-likeness (QED) is 0.653. The van der Waals surface area contributed by atoms with Crippen molar-refractivity contribution in [3.63, 3.8) is 0 Å². The van der Waals surface area contributed by atoms with Crippen LogP contribution in [0.2, 0.25) is 0 Å². The Morgan fingerprint density at radius 1 is 1.27 bits per heavy atom. The molecule has 1 saturated heterocycles. The van der Waals surface area contributed by atoms with Crippen molar-refractivity contribution in [1.82, 2.24) is 10.4 Å². The van der Waals surface area contributed by atoms with Gasteiger partial charge >= 0.3 is 0 Å². The van der Waals surface area contributed by atoms with Crippen LogP contribution in [0.1, 0.15) is 33.6 Å². The van der Waals surface area contributed by atoms with E-state index >= 15 is 0 Å². The predicted octanol–water partition coefficient (Wildman–Crippen LogP) is 1.63. The van der Waals surface area contributed by atoms with E-state index in [1.807, 2.05) is 0 Å². The SMILES string of the molecule is CC1CCN(NC(C)C)CC1. The van der Waals surface area contributed by atoms with E-state index in [4.69, 9.17) is 0 Å². The van der Waals surface area contributed by atoms with Gasteiger partial charge in [0.25, 0.3) is 0 Å². The van der Waals surface area contributed by atoms with E-state index in [1.165, 1.54) is 25.9 Å². The number of nitrogens with one attached hydrogen (secondary N) is 1. The lowest BCUT2D eigenvalue weighted by Gasteiger charge is -2.32. The van der Waals surface area contributed by atoms with Crippen molar-refractivity contribution in [2.75, 3.05) is 13.1 Å². The second kappa shape index (κ2) is 4.07. The van der Waals surface area contributed by atoms with Gasteiger partial charge in [0.1, 0.15) is 0 Å². The lowest BCUT2D eigenvalue weighted by Crippen LogP contribution is -2.46. The van der Waals surface area contributed by atoms with Gasteiger partial charge in [-0.1, -0.05) is 6.92 Å². The summed E-state index contributed by atoms with van der Waals surface area (Å²) in [6.07, 6.45) is 2.69. The van der Waals surface area contributed by atoms with Crippen LogP contribution >= 0.6 is 0 Å². The first-order chi connectivity index (χ1) is 5.18. The minimum Gasteiger partial charge on any atom is -0.253 e. The van der Waals surface area contributed by atoms with Crippen LogP contribution in [0.15, 0.2) is 0 Å². The van der Waals surface area contributed by atoms with Gasteiger partial charge in [-0.15, -0.1) is 0 Å². The zero-order valence-electron chi connectivity index (χ0n) is 7.93. The summed E-state index contributed by atoms with van der Waals surface area (Å²) >= 11 is 0. The molecule has 0 spiro atoms. The molecular weight excluding hydrogens is 136 g/mol. The van der Waals surface area contributed by atoms with Gasteiger partial charge in [-0.3, -0.25) is 5.43 Å². The minimum atomic E-state index is 0.586. The summed E-state index contributed by atoms with van der Waals surface area (Å²) in [4.78, 5) is 0. The molecule has 1 heterocycles. The van der Waals surface area contributed by atoms with E-state index < -0.39 is 0 Å². The van der Waals surface area contributed by atoms with E-state index in [9.17, 15) is 0 Å². The Balaban J connectivity index is 2.17. The maximum absolute atomic E-state index is 3.44. The second-order valence-corrected chi connectivity index (χ2v) is 3.95. The average molecular weight is 156 g/mol. The molecule has 0 bridgehead atoms. The Morgan fingerprint density at radius 3 is 2.27 bits per heavy atom. The van der Waals surface area contributed by atoms with Gasteiger partial charge in [-0.05, 0) is 32.6 Å². The first-order valence-corrected chi connectivity index (χ1v) is 4.69. The Bertz CT molecular complexity index is 104. The molecule has 1 N–H and O–H groups in total. The molecule has 0 atom stereocenters. The molecule has 0 aromatic heterocycles. The first kappa shape index (κ1) is 9.01. The van der Waals surface area contributed by atoms with Crippen molar-refractivity contribution in [2.45, 2.75) is 39.7 Å². The van der Waals surface area contributed by atoms with Gasteiger partial charge in [0.15, 0.2) is 0 Å². The third-order valence-electron chi connectivity index (χ3n) is 2.22. The van der Waals surface area contributed by atoms with Crippen molar-refractivity contribution in [3.8, 4) is 0 Å². The molecule has 0 amide bonds. The molecule has 11 heavy (non-hydrogen) atoms. The Morgan fingerprint density at radius 2 is 1.82 bits per heavy atom. The van der Waals surface area contributed by atoms with E-state index in [0.717, 1.165) is 5.92 Å². The molecule has 1 aliphatic heterocycles. The molecule has 1 fully saturated rings. The van der Waals surface area contributed by atoms with Crippen molar-refractivity contribution in [1.29, 1.82) is 0 Å². The van der Waals surface area contributed by atoms with Gasteiger partial charge in [-0.2, -0.15) is 0 Å². The summed E-state index contributed by atoms with van der Waals surface area (Å²) in [6, 6.07) is 0.586. The lowest BCUT2D eigenvalue weighted by atomic mass is 10.0. The zero-order valence-corrected chi connectivity index (χ0v) is 7.93. The number of hydrazine groups is 1. The molecule has 2 heteroatoms. The standard InChI is InChI=1S/C9H20N2/c1-8(2)10-11-6-4-9(3)5-7-11/h8-10H,4-7H2,1-3H3. The normalized spacial score (nSPS) is 22.9. The highest BCUT2D eigenvalue weighted by molar-refractivity contribution is 4.67. The highest BCUT2D eigenvalue weighted by Crippen LogP contribution is 2.14. The molecule has 0 aromatic rings. The molecule has 0 unspecified atom stereocenters. The summed E-state index contributed by atoms with van der Waals surface area (Å²) in [6.45, 7) is 9.17. The number of hydrogen-bond donors (Lipinski definition) is 1. The number of hydrogen-bond acceptors (Lipinski definition) is 2. The average Bonchev–Trinajstić information content (AvgIpc) is 1.93. The topological polar surface area (TPSA) is 15.3 Å². The monoisotopic (exact) mass is 156 g/mol. The fourth-order valence-electron chi connectivity index (χ4n) is 1.50.